The molecule has 2 heterocycles. The number of hydrogen-bond acceptors (Lipinski definition) is 6. The van der Waals surface area contributed by atoms with Crippen molar-refractivity contribution in [3.05, 3.63) is 89.7 Å². The molecule has 4 aromatic rings. The van der Waals surface area contributed by atoms with E-state index in [4.69, 9.17) is 12.2 Å². The number of aromatic nitrogens is 3. The maximum atomic E-state index is 12.7. The molecule has 1 aromatic heterocycles. The number of carbonyl (C=O) groups is 1. The van der Waals surface area contributed by atoms with Crippen LogP contribution in [-0.2, 0) is 17.6 Å². The summed E-state index contributed by atoms with van der Waals surface area (Å²) in [5.74, 6) is 0.612. The molecule has 0 bridgehead atoms. The molecule has 1 saturated heterocycles. The van der Waals surface area contributed by atoms with Gasteiger partial charge in [0.25, 0.3) is 0 Å². The normalized spacial score (nSPS) is 14.4. The number of aryl methyl sites for hydroxylation is 3. The Morgan fingerprint density at radius 3 is 2.62 bits per heavy atom. The summed E-state index contributed by atoms with van der Waals surface area (Å²) in [6.07, 6.45) is 2.01. The van der Waals surface area contributed by atoms with E-state index in [1.54, 1.807) is 4.90 Å². The molecule has 234 valence electrons. The third-order valence-corrected chi connectivity index (χ3v) is 8.44. The molecule has 7 nitrogen and oxygen atoms in total. The van der Waals surface area contributed by atoms with Gasteiger partial charge in [-0.15, -0.1) is 18.3 Å². The zero-order chi connectivity index (χ0) is 32.0. The number of anilines is 1. The van der Waals surface area contributed by atoms with Crippen LogP contribution in [0.5, 0.6) is 5.75 Å². The molecule has 0 saturated carbocycles. The van der Waals surface area contributed by atoms with Crippen LogP contribution in [0.15, 0.2) is 78.0 Å². The number of carbonyl (C=O) groups excluding carboxylic acids is 1. The molecule has 12 heteroatoms. The number of hydrogen-bond donors (Lipinski definition) is 0. The van der Waals surface area contributed by atoms with Crippen molar-refractivity contribution >= 4 is 45.7 Å². The van der Waals surface area contributed by atoms with Crippen molar-refractivity contribution in [2.24, 2.45) is 4.99 Å². The number of thiocarbonyl (C=S) groups is 1. The highest BCUT2D eigenvalue weighted by Gasteiger charge is 2.32. The maximum Gasteiger partial charge on any atom is 0.573 e. The monoisotopic (exact) mass is 651 g/mol. The Hall–Kier alpha value is -4.03. The first kappa shape index (κ1) is 32.4. The predicted octanol–water partition coefficient (Wildman–Crippen LogP) is 8.27. The highest BCUT2D eigenvalue weighted by Crippen LogP contribution is 2.31. The highest BCUT2D eigenvalue weighted by molar-refractivity contribution is 8.15. The van der Waals surface area contributed by atoms with E-state index in [0.29, 0.717) is 33.8 Å². The van der Waals surface area contributed by atoms with E-state index in [0.717, 1.165) is 60.0 Å². The van der Waals surface area contributed by atoms with Crippen molar-refractivity contribution in [3.63, 3.8) is 0 Å². The lowest BCUT2D eigenvalue weighted by Crippen LogP contribution is -2.30. The lowest BCUT2D eigenvalue weighted by atomic mass is 10.0. The van der Waals surface area contributed by atoms with Crippen LogP contribution in [0.1, 0.15) is 49.3 Å². The Bertz CT molecular complexity index is 1700. The first-order valence-electron chi connectivity index (χ1n) is 14.6. The number of amidine groups is 1. The smallest absolute Gasteiger partial charge is 0.406 e. The number of thioether (sulfide) groups is 1. The van der Waals surface area contributed by atoms with Gasteiger partial charge in [-0.3, -0.25) is 9.69 Å². The number of aliphatic imine (C=N–C) groups is 1. The predicted molar refractivity (Wildman–Crippen MR) is 176 cm³/mol. The van der Waals surface area contributed by atoms with Gasteiger partial charge in [0.05, 0.1) is 17.1 Å². The maximum absolute atomic E-state index is 12.7. The van der Waals surface area contributed by atoms with Crippen molar-refractivity contribution in [2.45, 2.75) is 58.7 Å². The van der Waals surface area contributed by atoms with Gasteiger partial charge in [-0.05, 0) is 85.7 Å². The van der Waals surface area contributed by atoms with E-state index in [-0.39, 0.29) is 11.7 Å². The van der Waals surface area contributed by atoms with Crippen LogP contribution in [0.25, 0.3) is 17.1 Å². The summed E-state index contributed by atoms with van der Waals surface area (Å²) in [4.78, 5) is 24.1. The lowest BCUT2D eigenvalue weighted by molar-refractivity contribution is -0.274. The average Bonchev–Trinajstić information content (AvgIpc) is 3.64. The molecule has 0 unspecified atom stereocenters. The first-order chi connectivity index (χ1) is 21.6. The minimum atomic E-state index is -4.74. The zero-order valence-corrected chi connectivity index (χ0v) is 26.5. The standard InChI is InChI=1S/C33H32F3N5O2S2/c1-3-24-13-12-22(2)18-28(24)41-30(42)20-45-32(41)38-29(44)11-6-4-5-8-23-9-7-10-25(19-23)31-37-21-40(39-31)26-14-16-27(17-15-26)43-33(34,35)36/h7,9-10,12-19,21H,3-6,8,11,20H2,1-2H3. The van der Waals surface area contributed by atoms with Gasteiger partial charge in [-0.1, -0.05) is 67.7 Å². The quantitative estimate of drug-likeness (QED) is 0.120. The van der Waals surface area contributed by atoms with Crippen LogP contribution < -0.4 is 9.64 Å². The number of benzene rings is 3. The van der Waals surface area contributed by atoms with E-state index >= 15 is 0 Å². The highest BCUT2D eigenvalue weighted by atomic mass is 32.2. The van der Waals surface area contributed by atoms with Crippen molar-refractivity contribution < 1.29 is 22.7 Å². The Morgan fingerprint density at radius 1 is 1.07 bits per heavy atom. The summed E-state index contributed by atoms with van der Waals surface area (Å²) in [7, 11) is 0. The molecule has 0 N–H and O–H groups in total. The van der Waals surface area contributed by atoms with Gasteiger partial charge >= 0.3 is 6.36 Å². The summed E-state index contributed by atoms with van der Waals surface area (Å²) in [5.41, 5.74) is 5.67. The molecule has 1 fully saturated rings. The second-order valence-corrected chi connectivity index (χ2v) is 12.0. The molecule has 3 aromatic carbocycles. The number of halogens is 3. The van der Waals surface area contributed by atoms with Crippen LogP contribution in [0, 0.1) is 6.92 Å². The molecule has 0 radical (unpaired) electrons. The van der Waals surface area contributed by atoms with Crippen molar-refractivity contribution in [1.82, 2.24) is 14.8 Å². The number of amides is 1. The summed E-state index contributed by atoms with van der Waals surface area (Å²) in [6, 6.07) is 19.6. The number of rotatable bonds is 11. The van der Waals surface area contributed by atoms with Gasteiger partial charge in [0, 0.05) is 12.0 Å². The van der Waals surface area contributed by atoms with Gasteiger partial charge in [0.2, 0.25) is 5.91 Å². The molecular weight excluding hydrogens is 620 g/mol. The van der Waals surface area contributed by atoms with Gasteiger partial charge in [-0.2, -0.15) is 0 Å². The topological polar surface area (TPSA) is 72.6 Å². The molecule has 1 amide bonds. The van der Waals surface area contributed by atoms with Crippen LogP contribution >= 0.6 is 24.0 Å². The Kier molecular flexibility index (Phi) is 10.3. The Labute approximate surface area is 269 Å². The fourth-order valence-electron chi connectivity index (χ4n) is 4.99. The van der Waals surface area contributed by atoms with Crippen molar-refractivity contribution in [1.29, 1.82) is 0 Å². The second-order valence-electron chi connectivity index (χ2n) is 10.6. The Morgan fingerprint density at radius 2 is 1.87 bits per heavy atom. The number of unbranched alkanes of at least 4 members (excludes halogenated alkanes) is 2. The van der Waals surface area contributed by atoms with Crippen LogP contribution in [0.3, 0.4) is 0 Å². The van der Waals surface area contributed by atoms with Gasteiger partial charge in [0.1, 0.15) is 17.1 Å². The van der Waals surface area contributed by atoms with E-state index in [9.17, 15) is 18.0 Å². The SMILES string of the molecule is CCc1ccc(C)cc1N1C(=O)CSC1=NC(=S)CCCCCc1cccc(-c2ncn(-c3ccc(OC(F)(F)F)cc3)n2)c1. The molecule has 0 atom stereocenters. The average molecular weight is 652 g/mol. The van der Waals surface area contributed by atoms with E-state index in [1.807, 2.05) is 25.1 Å². The minimum absolute atomic E-state index is 0.0275. The largest absolute Gasteiger partial charge is 0.573 e. The summed E-state index contributed by atoms with van der Waals surface area (Å²) in [5, 5.41) is 5.16. The van der Waals surface area contributed by atoms with Gasteiger partial charge in [0.15, 0.2) is 11.0 Å². The first-order valence-corrected chi connectivity index (χ1v) is 16.0. The van der Waals surface area contributed by atoms with Crippen LogP contribution in [0.4, 0.5) is 18.9 Å². The van der Waals surface area contributed by atoms with Crippen LogP contribution in [-0.4, -0.2) is 42.9 Å². The van der Waals surface area contributed by atoms with E-state index < -0.39 is 6.36 Å². The zero-order valence-electron chi connectivity index (χ0n) is 24.9. The molecule has 1 aliphatic heterocycles. The van der Waals surface area contributed by atoms with Crippen LogP contribution in [0.2, 0.25) is 0 Å². The van der Waals surface area contributed by atoms with E-state index in [2.05, 4.69) is 51.0 Å². The second kappa shape index (κ2) is 14.4. The molecule has 0 spiro atoms. The fraction of sp³-hybridized carbons (Fsp3) is 0.303. The minimum Gasteiger partial charge on any atom is -0.406 e. The molecular formula is C33H32F3N5O2S2. The lowest BCUT2D eigenvalue weighted by Gasteiger charge is -2.20. The van der Waals surface area contributed by atoms with Crippen molar-refractivity contribution in [2.75, 3.05) is 10.7 Å². The Balaban J connectivity index is 1.12. The molecule has 1 aliphatic rings. The molecule has 45 heavy (non-hydrogen) atoms. The third kappa shape index (κ3) is 8.58. The number of ether oxygens (including phenoxy) is 1. The summed E-state index contributed by atoms with van der Waals surface area (Å²) >= 11 is 7.03. The third-order valence-electron chi connectivity index (χ3n) is 7.22. The van der Waals surface area contributed by atoms with E-state index in [1.165, 1.54) is 47.0 Å². The van der Waals surface area contributed by atoms with Gasteiger partial charge < -0.3 is 4.74 Å². The van der Waals surface area contributed by atoms with Gasteiger partial charge in [-0.25, -0.2) is 14.7 Å². The molecule has 5 rings (SSSR count). The summed E-state index contributed by atoms with van der Waals surface area (Å²) < 4.78 is 42.7. The van der Waals surface area contributed by atoms with Crippen molar-refractivity contribution in [3.8, 4) is 22.8 Å². The number of alkyl halides is 3. The molecule has 0 aliphatic carbocycles. The summed E-state index contributed by atoms with van der Waals surface area (Å²) in [6.45, 7) is 4.10. The number of nitrogens with zero attached hydrogens (tertiary/aromatic N) is 5. The fourth-order valence-corrected chi connectivity index (χ4v) is 6.17.